The van der Waals surface area contributed by atoms with Gasteiger partial charge in [-0.1, -0.05) is 55.1 Å². The first-order valence-electron chi connectivity index (χ1n) is 7.03. The molecule has 114 valence electrons. The minimum absolute atomic E-state index is 0.294. The van der Waals surface area contributed by atoms with E-state index in [2.05, 4.69) is 17.2 Å². The third-order valence-electron chi connectivity index (χ3n) is 3.41. The van der Waals surface area contributed by atoms with Crippen LogP contribution in [0.3, 0.4) is 0 Å². The van der Waals surface area contributed by atoms with Gasteiger partial charge in [0.05, 0.1) is 10.0 Å². The van der Waals surface area contributed by atoms with Gasteiger partial charge in [-0.25, -0.2) is 4.99 Å². The summed E-state index contributed by atoms with van der Waals surface area (Å²) in [6.45, 7) is 2.15. The summed E-state index contributed by atoms with van der Waals surface area (Å²) in [5.41, 5.74) is 12.9. The van der Waals surface area contributed by atoms with Crippen molar-refractivity contribution in [3.05, 3.63) is 39.9 Å². The molecule has 1 unspecified atom stereocenters. The second-order valence-electron chi connectivity index (χ2n) is 5.23. The molecule has 1 aliphatic rings. The zero-order valence-electron chi connectivity index (χ0n) is 12.0. The molecule has 1 aromatic carbocycles. The van der Waals surface area contributed by atoms with Crippen LogP contribution in [0.1, 0.15) is 38.2 Å². The quantitative estimate of drug-likeness (QED) is 0.725. The lowest BCUT2D eigenvalue weighted by Crippen LogP contribution is -2.46. The average Bonchev–Trinajstić information content (AvgIpc) is 2.41. The smallest absolute Gasteiger partial charge is 0.195 e. The Balaban J connectivity index is 2.31. The molecule has 5 N–H and O–H groups in total. The molecule has 0 saturated heterocycles. The molecule has 1 aromatic rings. The second-order valence-corrected chi connectivity index (χ2v) is 6.01. The predicted molar refractivity (Wildman–Crippen MR) is 90.3 cm³/mol. The van der Waals surface area contributed by atoms with Gasteiger partial charge < -0.3 is 16.8 Å². The minimum atomic E-state index is -0.800. The molecule has 0 bridgehead atoms. The highest BCUT2D eigenvalue weighted by Crippen LogP contribution is 2.32. The van der Waals surface area contributed by atoms with Crippen molar-refractivity contribution < 1.29 is 0 Å². The van der Waals surface area contributed by atoms with Gasteiger partial charge in [-0.15, -0.1) is 0 Å². The number of guanidine groups is 1. The Labute approximate surface area is 135 Å². The normalized spacial score (nSPS) is 21.5. The number of nitrogens with two attached hydrogens (primary N) is 2. The van der Waals surface area contributed by atoms with Crippen LogP contribution in [0, 0.1) is 0 Å². The van der Waals surface area contributed by atoms with Crippen molar-refractivity contribution in [2.45, 2.75) is 38.3 Å². The van der Waals surface area contributed by atoms with E-state index < -0.39 is 5.66 Å². The van der Waals surface area contributed by atoms with Gasteiger partial charge in [-0.2, -0.15) is 0 Å². The van der Waals surface area contributed by atoms with Crippen molar-refractivity contribution in [2.24, 2.45) is 16.5 Å². The number of aliphatic imine (C=N–C) groups is 1. The number of nitrogens with zero attached hydrogens (tertiary/aromatic N) is 1. The summed E-state index contributed by atoms with van der Waals surface area (Å²) in [6.07, 6.45) is 5.85. The molecular formula is C15H20Cl2N4. The molecule has 0 aliphatic carbocycles. The third kappa shape index (κ3) is 3.90. The predicted octanol–water partition coefficient (Wildman–Crippen LogP) is 3.49. The van der Waals surface area contributed by atoms with Crippen molar-refractivity contribution in [3.8, 4) is 0 Å². The first-order chi connectivity index (χ1) is 9.95. The van der Waals surface area contributed by atoms with Crippen LogP contribution in [-0.4, -0.2) is 11.6 Å². The largest absolute Gasteiger partial charge is 0.370 e. The van der Waals surface area contributed by atoms with Crippen molar-refractivity contribution in [3.63, 3.8) is 0 Å². The van der Waals surface area contributed by atoms with E-state index in [0.717, 1.165) is 36.9 Å². The lowest BCUT2D eigenvalue weighted by Gasteiger charge is -2.29. The van der Waals surface area contributed by atoms with Gasteiger partial charge in [0.2, 0.25) is 0 Å². The van der Waals surface area contributed by atoms with Crippen LogP contribution in [-0.2, 0) is 0 Å². The highest BCUT2D eigenvalue weighted by Gasteiger charge is 2.27. The molecule has 2 rings (SSSR count). The number of hydrogen-bond donors (Lipinski definition) is 3. The van der Waals surface area contributed by atoms with Crippen LogP contribution in [0.5, 0.6) is 0 Å². The highest BCUT2D eigenvalue weighted by molar-refractivity contribution is 6.43. The summed E-state index contributed by atoms with van der Waals surface area (Å²) in [6, 6.07) is 5.45. The van der Waals surface area contributed by atoms with E-state index in [-0.39, 0.29) is 0 Å². The molecule has 0 radical (unpaired) electrons. The summed E-state index contributed by atoms with van der Waals surface area (Å²) in [5, 5.41) is 3.98. The lowest BCUT2D eigenvalue weighted by molar-refractivity contribution is 0.471. The number of nitrogens with one attached hydrogen (secondary N) is 1. The van der Waals surface area contributed by atoms with Gasteiger partial charge in [-0.3, -0.25) is 0 Å². The van der Waals surface area contributed by atoms with Gasteiger partial charge in [0, 0.05) is 11.3 Å². The molecule has 0 spiro atoms. The summed E-state index contributed by atoms with van der Waals surface area (Å²) < 4.78 is 0. The first kappa shape index (κ1) is 16.1. The van der Waals surface area contributed by atoms with Gasteiger partial charge in [0.15, 0.2) is 5.96 Å². The molecule has 1 atom stereocenters. The molecule has 0 aromatic heterocycles. The lowest BCUT2D eigenvalue weighted by atomic mass is 9.98. The van der Waals surface area contributed by atoms with Crippen molar-refractivity contribution in [2.75, 3.05) is 0 Å². The Hall–Kier alpha value is -1.23. The molecule has 0 fully saturated rings. The van der Waals surface area contributed by atoms with Crippen LogP contribution in [0.4, 0.5) is 0 Å². The molecule has 4 nitrogen and oxygen atoms in total. The van der Waals surface area contributed by atoms with Crippen LogP contribution < -0.4 is 16.8 Å². The van der Waals surface area contributed by atoms with E-state index in [4.69, 9.17) is 34.7 Å². The number of unbranched alkanes of at least 4 members (excludes halogenated alkanes) is 2. The van der Waals surface area contributed by atoms with E-state index in [1.54, 1.807) is 6.07 Å². The fraction of sp³-hybridized carbons (Fsp3) is 0.400. The molecular weight excluding hydrogens is 307 g/mol. The Bertz CT molecular complexity index is 583. The Morgan fingerprint density at radius 1 is 1.29 bits per heavy atom. The van der Waals surface area contributed by atoms with Gasteiger partial charge in [-0.05, 0) is 25.0 Å². The topological polar surface area (TPSA) is 76.4 Å². The number of halogens is 2. The molecule has 0 saturated carbocycles. The fourth-order valence-electron chi connectivity index (χ4n) is 2.35. The van der Waals surface area contributed by atoms with Crippen LogP contribution >= 0.6 is 23.2 Å². The minimum Gasteiger partial charge on any atom is -0.370 e. The van der Waals surface area contributed by atoms with Crippen LogP contribution in [0.2, 0.25) is 10.0 Å². The summed E-state index contributed by atoms with van der Waals surface area (Å²) in [4.78, 5) is 4.32. The Morgan fingerprint density at radius 2 is 2.05 bits per heavy atom. The van der Waals surface area contributed by atoms with Crippen molar-refractivity contribution in [1.82, 2.24) is 5.32 Å². The monoisotopic (exact) mass is 326 g/mol. The SMILES string of the molecule is CCCCCC1(N)C=C(c2cccc(Cl)c2Cl)NC(N)=N1. The summed E-state index contributed by atoms with van der Waals surface area (Å²) in [7, 11) is 0. The Morgan fingerprint density at radius 3 is 2.76 bits per heavy atom. The molecule has 21 heavy (non-hydrogen) atoms. The van der Waals surface area contributed by atoms with Gasteiger partial charge in [0.25, 0.3) is 0 Å². The van der Waals surface area contributed by atoms with Crippen molar-refractivity contribution in [1.29, 1.82) is 0 Å². The maximum absolute atomic E-state index is 6.35. The molecule has 6 heteroatoms. The van der Waals surface area contributed by atoms with Gasteiger partial charge in [0.1, 0.15) is 5.66 Å². The van der Waals surface area contributed by atoms with E-state index in [1.165, 1.54) is 0 Å². The fourth-order valence-corrected chi connectivity index (χ4v) is 2.75. The van der Waals surface area contributed by atoms with E-state index in [1.807, 2.05) is 18.2 Å². The maximum Gasteiger partial charge on any atom is 0.195 e. The summed E-state index contributed by atoms with van der Waals surface area (Å²) >= 11 is 12.3. The standard InChI is InChI=1S/C15H20Cl2N4/c1-2-3-4-8-15(19)9-12(20-14(18)21-15)10-6-5-7-11(16)13(10)17/h5-7,9H,2-4,8,19H2,1H3,(H3,18,20,21). The van der Waals surface area contributed by atoms with Crippen LogP contribution in [0.25, 0.3) is 5.70 Å². The number of benzene rings is 1. The zero-order valence-corrected chi connectivity index (χ0v) is 13.5. The van der Waals surface area contributed by atoms with E-state index >= 15 is 0 Å². The highest BCUT2D eigenvalue weighted by atomic mass is 35.5. The van der Waals surface area contributed by atoms with Crippen molar-refractivity contribution >= 4 is 34.9 Å². The maximum atomic E-state index is 6.35. The van der Waals surface area contributed by atoms with E-state index in [9.17, 15) is 0 Å². The first-order valence-corrected chi connectivity index (χ1v) is 7.79. The van der Waals surface area contributed by atoms with Gasteiger partial charge >= 0.3 is 0 Å². The summed E-state index contributed by atoms with van der Waals surface area (Å²) in [5.74, 6) is 0.294. The van der Waals surface area contributed by atoms with Crippen LogP contribution in [0.15, 0.2) is 29.3 Å². The number of hydrogen-bond acceptors (Lipinski definition) is 4. The number of rotatable bonds is 5. The zero-order chi connectivity index (χ0) is 15.5. The Kier molecular flexibility index (Phi) is 5.14. The molecule has 1 heterocycles. The third-order valence-corrected chi connectivity index (χ3v) is 4.23. The van der Waals surface area contributed by atoms with E-state index in [0.29, 0.717) is 16.0 Å². The molecule has 1 aliphatic heterocycles. The second kappa shape index (κ2) is 6.69. The molecule has 0 amide bonds. The average molecular weight is 327 g/mol.